The summed E-state index contributed by atoms with van der Waals surface area (Å²) in [5.74, 6) is 0.405. The molecule has 2 aromatic rings. The lowest BCUT2D eigenvalue weighted by atomic mass is 10.2. The topological polar surface area (TPSA) is 64.9 Å². The molecule has 4 nitrogen and oxygen atoms in total. The zero-order valence-electron chi connectivity index (χ0n) is 6.87. The van der Waals surface area contributed by atoms with Crippen molar-refractivity contribution in [3.63, 3.8) is 0 Å². The van der Waals surface area contributed by atoms with Crippen LogP contribution in [0.15, 0.2) is 31.6 Å². The minimum Gasteiger partial charge on any atom is -0.404 e. The summed E-state index contributed by atoms with van der Waals surface area (Å²) in [5.41, 5.74) is 6.15. The molecule has 0 spiro atoms. The maximum Gasteiger partial charge on any atom is 0.313 e. The lowest BCUT2D eigenvalue weighted by molar-refractivity contribution is 0.590. The molecular formula is C8H5Br2N3O. The van der Waals surface area contributed by atoms with E-state index < -0.39 is 0 Å². The predicted octanol–water partition coefficient (Wildman–Crippen LogP) is 2.84. The van der Waals surface area contributed by atoms with Crippen LogP contribution < -0.4 is 5.73 Å². The Bertz CT molecular complexity index is 469. The molecule has 0 fully saturated rings. The van der Waals surface area contributed by atoms with E-state index in [1.807, 2.05) is 18.2 Å². The van der Waals surface area contributed by atoms with E-state index in [-0.39, 0.29) is 6.01 Å². The average molecular weight is 319 g/mol. The van der Waals surface area contributed by atoms with Gasteiger partial charge in [0.05, 0.1) is 5.56 Å². The third-order valence-electron chi connectivity index (χ3n) is 1.60. The summed E-state index contributed by atoms with van der Waals surface area (Å²) >= 11 is 6.75. The van der Waals surface area contributed by atoms with Crippen molar-refractivity contribution in [2.24, 2.45) is 0 Å². The number of halogens is 2. The van der Waals surface area contributed by atoms with E-state index in [1.165, 1.54) is 0 Å². The van der Waals surface area contributed by atoms with Gasteiger partial charge in [-0.15, -0.1) is 5.10 Å². The highest BCUT2D eigenvalue weighted by Gasteiger charge is 2.09. The van der Waals surface area contributed by atoms with Gasteiger partial charge in [-0.25, -0.2) is 0 Å². The lowest BCUT2D eigenvalue weighted by Crippen LogP contribution is -1.81. The smallest absolute Gasteiger partial charge is 0.313 e. The van der Waals surface area contributed by atoms with E-state index in [9.17, 15) is 0 Å². The maximum absolute atomic E-state index is 5.33. The molecule has 2 rings (SSSR count). The zero-order chi connectivity index (χ0) is 10.1. The highest BCUT2D eigenvalue weighted by molar-refractivity contribution is 9.11. The fourth-order valence-corrected chi connectivity index (χ4v) is 2.22. The van der Waals surface area contributed by atoms with Crippen LogP contribution in [-0.2, 0) is 0 Å². The molecule has 0 bridgehead atoms. The maximum atomic E-state index is 5.33. The van der Waals surface area contributed by atoms with Crippen LogP contribution in [0.2, 0.25) is 0 Å². The van der Waals surface area contributed by atoms with E-state index in [2.05, 4.69) is 42.1 Å². The van der Waals surface area contributed by atoms with Gasteiger partial charge in [-0.05, 0) is 34.1 Å². The molecule has 0 unspecified atom stereocenters. The molecule has 1 aromatic carbocycles. The fourth-order valence-electron chi connectivity index (χ4n) is 1.01. The Kier molecular flexibility index (Phi) is 2.56. The molecule has 0 aliphatic rings. The second kappa shape index (κ2) is 3.70. The summed E-state index contributed by atoms with van der Waals surface area (Å²) in [6.45, 7) is 0. The van der Waals surface area contributed by atoms with Crippen molar-refractivity contribution < 1.29 is 4.42 Å². The molecule has 72 valence electrons. The molecule has 0 aliphatic carbocycles. The molecule has 0 amide bonds. The van der Waals surface area contributed by atoms with Gasteiger partial charge in [0.1, 0.15) is 0 Å². The number of hydrogen-bond acceptors (Lipinski definition) is 4. The molecule has 0 aliphatic heterocycles. The first-order valence-electron chi connectivity index (χ1n) is 3.71. The van der Waals surface area contributed by atoms with Gasteiger partial charge in [-0.2, -0.15) is 0 Å². The van der Waals surface area contributed by atoms with Gasteiger partial charge in [-0.3, -0.25) is 0 Å². The van der Waals surface area contributed by atoms with E-state index in [1.54, 1.807) is 0 Å². The first-order chi connectivity index (χ1) is 6.66. The fraction of sp³-hybridized carbons (Fsp3) is 0. The molecule has 6 heteroatoms. The largest absolute Gasteiger partial charge is 0.404 e. The number of benzene rings is 1. The molecule has 2 N–H and O–H groups in total. The van der Waals surface area contributed by atoms with Gasteiger partial charge in [0.15, 0.2) is 0 Å². The standard InChI is InChI=1S/C8H5Br2N3O/c9-4-1-2-5(6(10)3-4)7-12-13-8(11)14-7/h1-3H,(H2,11,13). The number of nitrogen functional groups attached to an aromatic ring is 1. The molecule has 1 heterocycles. The van der Waals surface area contributed by atoms with Crippen molar-refractivity contribution in [2.45, 2.75) is 0 Å². The molecule has 14 heavy (non-hydrogen) atoms. The Morgan fingerprint density at radius 1 is 1.21 bits per heavy atom. The second-order valence-corrected chi connectivity index (χ2v) is 4.34. The van der Waals surface area contributed by atoms with Crippen molar-refractivity contribution in [1.29, 1.82) is 0 Å². The first-order valence-corrected chi connectivity index (χ1v) is 5.30. The van der Waals surface area contributed by atoms with Crippen molar-refractivity contribution >= 4 is 37.9 Å². The summed E-state index contributed by atoms with van der Waals surface area (Å²) in [4.78, 5) is 0. The van der Waals surface area contributed by atoms with Crippen LogP contribution in [-0.4, -0.2) is 10.2 Å². The van der Waals surface area contributed by atoms with Crippen molar-refractivity contribution in [3.8, 4) is 11.5 Å². The van der Waals surface area contributed by atoms with Crippen LogP contribution in [0.3, 0.4) is 0 Å². The van der Waals surface area contributed by atoms with Gasteiger partial charge < -0.3 is 10.2 Å². The monoisotopic (exact) mass is 317 g/mol. The summed E-state index contributed by atoms with van der Waals surface area (Å²) in [6, 6.07) is 5.71. The Hall–Kier alpha value is -0.880. The number of nitrogens with two attached hydrogens (primary N) is 1. The van der Waals surface area contributed by atoms with Crippen LogP contribution in [0.5, 0.6) is 0 Å². The van der Waals surface area contributed by atoms with Crippen LogP contribution in [0.4, 0.5) is 6.01 Å². The van der Waals surface area contributed by atoms with Crippen LogP contribution in [0.1, 0.15) is 0 Å². The zero-order valence-corrected chi connectivity index (χ0v) is 10.0. The third-order valence-corrected chi connectivity index (χ3v) is 2.75. The molecular weight excluding hydrogens is 314 g/mol. The number of anilines is 1. The van der Waals surface area contributed by atoms with Crippen LogP contribution >= 0.6 is 31.9 Å². The summed E-state index contributed by atoms with van der Waals surface area (Å²) < 4.78 is 6.94. The average Bonchev–Trinajstić information content (AvgIpc) is 2.51. The highest BCUT2D eigenvalue weighted by Crippen LogP contribution is 2.29. The Morgan fingerprint density at radius 3 is 2.57 bits per heavy atom. The van der Waals surface area contributed by atoms with Crippen molar-refractivity contribution in [1.82, 2.24) is 10.2 Å². The highest BCUT2D eigenvalue weighted by atomic mass is 79.9. The number of rotatable bonds is 1. The molecule has 0 atom stereocenters. The molecule has 0 radical (unpaired) electrons. The van der Waals surface area contributed by atoms with Gasteiger partial charge in [0.25, 0.3) is 5.89 Å². The minimum atomic E-state index is 0.0646. The van der Waals surface area contributed by atoms with Gasteiger partial charge in [-0.1, -0.05) is 21.0 Å². The molecule has 0 saturated carbocycles. The summed E-state index contributed by atoms with van der Waals surface area (Å²) in [7, 11) is 0. The third kappa shape index (κ3) is 1.80. The lowest BCUT2D eigenvalue weighted by Gasteiger charge is -1.98. The number of hydrogen-bond donors (Lipinski definition) is 1. The van der Waals surface area contributed by atoms with E-state index in [0.29, 0.717) is 5.89 Å². The van der Waals surface area contributed by atoms with E-state index in [0.717, 1.165) is 14.5 Å². The Morgan fingerprint density at radius 2 is 2.00 bits per heavy atom. The minimum absolute atomic E-state index is 0.0646. The normalized spacial score (nSPS) is 10.4. The van der Waals surface area contributed by atoms with Gasteiger partial charge in [0, 0.05) is 8.95 Å². The van der Waals surface area contributed by atoms with Crippen LogP contribution in [0.25, 0.3) is 11.5 Å². The van der Waals surface area contributed by atoms with Crippen molar-refractivity contribution in [2.75, 3.05) is 5.73 Å². The quantitative estimate of drug-likeness (QED) is 0.878. The van der Waals surface area contributed by atoms with Gasteiger partial charge >= 0.3 is 6.01 Å². The predicted molar refractivity (Wildman–Crippen MR) is 59.5 cm³/mol. The number of nitrogens with zero attached hydrogens (tertiary/aromatic N) is 2. The first kappa shape index (κ1) is 9.67. The van der Waals surface area contributed by atoms with E-state index in [4.69, 9.17) is 10.2 Å². The van der Waals surface area contributed by atoms with Crippen LogP contribution in [0, 0.1) is 0 Å². The summed E-state index contributed by atoms with van der Waals surface area (Å²) in [5, 5.41) is 7.37. The van der Waals surface area contributed by atoms with Gasteiger partial charge in [0.2, 0.25) is 0 Å². The Balaban J connectivity index is 2.52. The summed E-state index contributed by atoms with van der Waals surface area (Å²) in [6.07, 6.45) is 0. The number of aromatic nitrogens is 2. The van der Waals surface area contributed by atoms with E-state index >= 15 is 0 Å². The Labute approximate surface area is 96.8 Å². The molecule has 0 saturated heterocycles. The SMILES string of the molecule is Nc1nnc(-c2ccc(Br)cc2Br)o1. The second-order valence-electron chi connectivity index (χ2n) is 2.57. The van der Waals surface area contributed by atoms with Crippen molar-refractivity contribution in [3.05, 3.63) is 27.1 Å². The molecule has 1 aromatic heterocycles.